The Morgan fingerprint density at radius 1 is 1.28 bits per heavy atom. The molecule has 0 radical (unpaired) electrons. The van der Waals surface area contributed by atoms with Gasteiger partial charge in [0.1, 0.15) is 0 Å². The molecule has 1 aromatic rings. The third-order valence-electron chi connectivity index (χ3n) is 3.00. The van der Waals surface area contributed by atoms with Gasteiger partial charge in [-0.2, -0.15) is 0 Å². The highest BCUT2D eigenvalue weighted by Gasteiger charge is 2.06. The van der Waals surface area contributed by atoms with E-state index in [1.54, 1.807) is 0 Å². The van der Waals surface area contributed by atoms with Crippen LogP contribution in [0.3, 0.4) is 0 Å². The van der Waals surface area contributed by atoms with Crippen LogP contribution in [0.2, 0.25) is 0 Å². The van der Waals surface area contributed by atoms with E-state index in [2.05, 4.69) is 48.0 Å². The van der Waals surface area contributed by atoms with Crippen LogP contribution in [0.1, 0.15) is 44.4 Å². The summed E-state index contributed by atoms with van der Waals surface area (Å²) in [5.41, 5.74) is 2.27. The summed E-state index contributed by atoms with van der Waals surface area (Å²) in [7, 11) is 2.05. The van der Waals surface area contributed by atoms with Gasteiger partial charge >= 0.3 is 0 Å². The Kier molecular flexibility index (Phi) is 6.65. The standard InChI is InChI=1S/C14H26N4/c1-5-7-9-18(4)14-16-11-13(12(3)17-14)10-15-8-6-2/h11,15H,5-10H2,1-4H3. The predicted octanol–water partition coefficient (Wildman–Crippen LogP) is 2.52. The highest BCUT2D eigenvalue weighted by Crippen LogP contribution is 2.10. The lowest BCUT2D eigenvalue weighted by molar-refractivity contribution is 0.667. The number of anilines is 1. The van der Waals surface area contributed by atoms with E-state index in [0.29, 0.717) is 0 Å². The molecular weight excluding hydrogens is 224 g/mol. The molecule has 18 heavy (non-hydrogen) atoms. The third-order valence-corrected chi connectivity index (χ3v) is 3.00. The molecule has 0 bridgehead atoms. The van der Waals surface area contributed by atoms with Gasteiger partial charge in [0.2, 0.25) is 5.95 Å². The summed E-state index contributed by atoms with van der Waals surface area (Å²) in [5, 5.41) is 3.38. The molecule has 0 aliphatic heterocycles. The van der Waals surface area contributed by atoms with Crippen molar-refractivity contribution in [1.29, 1.82) is 0 Å². The van der Waals surface area contributed by atoms with Gasteiger partial charge < -0.3 is 10.2 Å². The molecule has 0 saturated carbocycles. The minimum atomic E-state index is 0.834. The van der Waals surface area contributed by atoms with Crippen LogP contribution in [0.4, 0.5) is 5.95 Å². The summed E-state index contributed by atoms with van der Waals surface area (Å²) >= 11 is 0. The second-order valence-electron chi connectivity index (χ2n) is 4.73. The number of aromatic nitrogens is 2. The van der Waals surface area contributed by atoms with Gasteiger partial charge in [0.15, 0.2) is 0 Å². The molecule has 0 unspecified atom stereocenters. The molecule has 0 saturated heterocycles. The van der Waals surface area contributed by atoms with E-state index >= 15 is 0 Å². The summed E-state index contributed by atoms with van der Waals surface area (Å²) in [6, 6.07) is 0. The quantitative estimate of drug-likeness (QED) is 0.720. The van der Waals surface area contributed by atoms with Gasteiger partial charge in [0, 0.05) is 37.6 Å². The van der Waals surface area contributed by atoms with Crippen LogP contribution in [-0.2, 0) is 6.54 Å². The van der Waals surface area contributed by atoms with Crippen LogP contribution < -0.4 is 10.2 Å². The maximum Gasteiger partial charge on any atom is 0.225 e. The molecule has 0 fully saturated rings. The van der Waals surface area contributed by atoms with Crippen molar-refractivity contribution in [2.75, 3.05) is 25.0 Å². The molecule has 0 amide bonds. The molecule has 0 atom stereocenters. The molecule has 4 heteroatoms. The number of aryl methyl sites for hydroxylation is 1. The summed E-state index contributed by atoms with van der Waals surface area (Å²) in [4.78, 5) is 11.2. The minimum Gasteiger partial charge on any atom is -0.344 e. The van der Waals surface area contributed by atoms with Crippen LogP contribution in [0.25, 0.3) is 0 Å². The highest BCUT2D eigenvalue weighted by atomic mass is 15.2. The van der Waals surface area contributed by atoms with Crippen LogP contribution in [0, 0.1) is 6.92 Å². The van der Waals surface area contributed by atoms with E-state index in [1.807, 2.05) is 6.20 Å². The molecule has 0 aromatic carbocycles. The summed E-state index contributed by atoms with van der Waals surface area (Å²) < 4.78 is 0. The van der Waals surface area contributed by atoms with Crippen LogP contribution in [0.5, 0.6) is 0 Å². The Balaban J connectivity index is 2.60. The molecule has 0 aliphatic carbocycles. The van der Waals surface area contributed by atoms with Crippen LogP contribution in [0.15, 0.2) is 6.20 Å². The highest BCUT2D eigenvalue weighted by molar-refractivity contribution is 5.31. The first-order chi connectivity index (χ1) is 8.69. The maximum atomic E-state index is 4.58. The molecule has 0 spiro atoms. The fraction of sp³-hybridized carbons (Fsp3) is 0.714. The first-order valence-electron chi connectivity index (χ1n) is 6.93. The van der Waals surface area contributed by atoms with Gasteiger partial charge in [-0.05, 0) is 26.3 Å². The fourth-order valence-corrected chi connectivity index (χ4v) is 1.73. The van der Waals surface area contributed by atoms with Gasteiger partial charge in [-0.15, -0.1) is 0 Å². The van der Waals surface area contributed by atoms with Gasteiger partial charge in [-0.1, -0.05) is 20.3 Å². The zero-order chi connectivity index (χ0) is 13.4. The first-order valence-corrected chi connectivity index (χ1v) is 6.93. The lowest BCUT2D eigenvalue weighted by atomic mass is 10.2. The number of hydrogen-bond acceptors (Lipinski definition) is 4. The number of unbranched alkanes of at least 4 members (excludes halogenated alkanes) is 1. The summed E-state index contributed by atoms with van der Waals surface area (Å²) in [6.07, 6.45) is 5.47. The number of nitrogens with zero attached hydrogens (tertiary/aromatic N) is 3. The molecule has 102 valence electrons. The second kappa shape index (κ2) is 8.03. The molecule has 1 rings (SSSR count). The number of hydrogen-bond donors (Lipinski definition) is 1. The average Bonchev–Trinajstić information content (AvgIpc) is 2.38. The largest absolute Gasteiger partial charge is 0.344 e. The maximum absolute atomic E-state index is 4.58. The Labute approximate surface area is 111 Å². The van der Waals surface area contributed by atoms with Crippen molar-refractivity contribution < 1.29 is 0 Å². The van der Waals surface area contributed by atoms with E-state index in [9.17, 15) is 0 Å². The Hall–Kier alpha value is -1.16. The molecule has 4 nitrogen and oxygen atoms in total. The predicted molar refractivity (Wildman–Crippen MR) is 76.9 cm³/mol. The molecule has 0 aliphatic rings. The van der Waals surface area contributed by atoms with E-state index < -0.39 is 0 Å². The van der Waals surface area contributed by atoms with E-state index in [1.165, 1.54) is 18.4 Å². The van der Waals surface area contributed by atoms with Crippen molar-refractivity contribution in [2.45, 2.75) is 46.6 Å². The smallest absolute Gasteiger partial charge is 0.225 e. The van der Waals surface area contributed by atoms with Crippen LogP contribution in [-0.4, -0.2) is 30.1 Å². The number of rotatable bonds is 8. The van der Waals surface area contributed by atoms with E-state index in [0.717, 1.165) is 37.7 Å². The molecule has 1 heterocycles. The minimum absolute atomic E-state index is 0.834. The summed E-state index contributed by atoms with van der Waals surface area (Å²) in [6.45, 7) is 9.34. The Morgan fingerprint density at radius 3 is 2.67 bits per heavy atom. The monoisotopic (exact) mass is 250 g/mol. The van der Waals surface area contributed by atoms with Gasteiger partial charge in [0.05, 0.1) is 0 Å². The second-order valence-corrected chi connectivity index (χ2v) is 4.73. The molecule has 1 aromatic heterocycles. The van der Waals surface area contributed by atoms with Gasteiger partial charge in [0.25, 0.3) is 0 Å². The van der Waals surface area contributed by atoms with Crippen molar-refractivity contribution >= 4 is 5.95 Å². The van der Waals surface area contributed by atoms with Crippen molar-refractivity contribution in [3.05, 3.63) is 17.5 Å². The van der Waals surface area contributed by atoms with Crippen molar-refractivity contribution in [1.82, 2.24) is 15.3 Å². The number of nitrogens with one attached hydrogen (secondary N) is 1. The molecule has 1 N–H and O–H groups in total. The SMILES string of the molecule is CCCCN(C)c1ncc(CNCCC)c(C)n1. The Bertz CT molecular complexity index is 352. The van der Waals surface area contributed by atoms with Crippen molar-refractivity contribution in [2.24, 2.45) is 0 Å². The third kappa shape index (κ3) is 4.61. The first kappa shape index (κ1) is 14.9. The van der Waals surface area contributed by atoms with Gasteiger partial charge in [-0.25, -0.2) is 9.97 Å². The zero-order valence-corrected chi connectivity index (χ0v) is 12.2. The zero-order valence-electron chi connectivity index (χ0n) is 12.2. The van der Waals surface area contributed by atoms with Crippen molar-refractivity contribution in [3.63, 3.8) is 0 Å². The Morgan fingerprint density at radius 2 is 2.06 bits per heavy atom. The lowest BCUT2D eigenvalue weighted by Crippen LogP contribution is -2.22. The van der Waals surface area contributed by atoms with Gasteiger partial charge in [-0.3, -0.25) is 0 Å². The van der Waals surface area contributed by atoms with Crippen molar-refractivity contribution in [3.8, 4) is 0 Å². The van der Waals surface area contributed by atoms with E-state index in [4.69, 9.17) is 0 Å². The van der Waals surface area contributed by atoms with Crippen LogP contribution >= 0.6 is 0 Å². The topological polar surface area (TPSA) is 41.1 Å². The molecular formula is C14H26N4. The fourth-order valence-electron chi connectivity index (χ4n) is 1.73. The summed E-state index contributed by atoms with van der Waals surface area (Å²) in [5.74, 6) is 0.834. The normalized spacial score (nSPS) is 10.7. The lowest BCUT2D eigenvalue weighted by Gasteiger charge is -2.17. The van der Waals surface area contributed by atoms with E-state index in [-0.39, 0.29) is 0 Å². The average molecular weight is 250 g/mol.